The Morgan fingerprint density at radius 3 is 2.06 bits per heavy atom. The number of aryl methyl sites for hydroxylation is 1. The van der Waals surface area contributed by atoms with Crippen LogP contribution >= 0.6 is 0 Å². The molecule has 0 amide bonds. The smallest absolute Gasteiger partial charge is 0.0300 e. The monoisotopic (exact) mass is 239 g/mol. The summed E-state index contributed by atoms with van der Waals surface area (Å²) in [6.45, 7) is 6.60. The second-order valence-electron chi connectivity index (χ2n) is 4.88. The van der Waals surface area contributed by atoms with Crippen LogP contribution in [0.25, 0.3) is 0 Å². The molecule has 0 unspecified atom stereocenters. The van der Waals surface area contributed by atoms with Crippen molar-refractivity contribution in [3.05, 3.63) is 71.3 Å². The molecule has 0 bridgehead atoms. The van der Waals surface area contributed by atoms with Crippen molar-refractivity contribution in [2.45, 2.75) is 32.9 Å². The second kappa shape index (κ2) is 5.83. The van der Waals surface area contributed by atoms with Crippen LogP contribution in [0.3, 0.4) is 0 Å². The minimum absolute atomic E-state index is 0.362. The first-order valence-corrected chi connectivity index (χ1v) is 6.55. The van der Waals surface area contributed by atoms with Gasteiger partial charge in [0.25, 0.3) is 0 Å². The Morgan fingerprint density at radius 1 is 0.778 bits per heavy atom. The maximum absolute atomic E-state index is 3.65. The molecule has 1 heteroatoms. The normalized spacial score (nSPS) is 14.2. The fourth-order valence-corrected chi connectivity index (χ4v) is 2.38. The third-order valence-electron chi connectivity index (χ3n) is 3.45. The number of benzene rings is 2. The average Bonchev–Trinajstić information content (AvgIpc) is 2.40. The molecule has 0 fully saturated rings. The van der Waals surface area contributed by atoms with E-state index < -0.39 is 0 Å². The van der Waals surface area contributed by atoms with Crippen molar-refractivity contribution in [3.8, 4) is 0 Å². The first kappa shape index (κ1) is 12.8. The van der Waals surface area contributed by atoms with Crippen LogP contribution < -0.4 is 5.32 Å². The van der Waals surface area contributed by atoms with E-state index in [9.17, 15) is 0 Å². The van der Waals surface area contributed by atoms with Gasteiger partial charge in [-0.25, -0.2) is 0 Å². The van der Waals surface area contributed by atoms with Crippen LogP contribution in [0.1, 0.15) is 42.6 Å². The van der Waals surface area contributed by atoms with Gasteiger partial charge in [-0.05, 0) is 37.5 Å². The molecule has 2 aromatic carbocycles. The molecule has 2 aromatic rings. The molecular weight excluding hydrogens is 218 g/mol. The maximum Gasteiger partial charge on any atom is 0.0300 e. The summed E-state index contributed by atoms with van der Waals surface area (Å²) in [6.07, 6.45) is 0. The van der Waals surface area contributed by atoms with Gasteiger partial charge in [-0.15, -0.1) is 0 Å². The Bertz CT molecular complexity index is 490. The van der Waals surface area contributed by atoms with Crippen LogP contribution in [-0.2, 0) is 0 Å². The number of nitrogens with one attached hydrogen (secondary N) is 1. The van der Waals surface area contributed by atoms with E-state index in [1.807, 2.05) is 0 Å². The topological polar surface area (TPSA) is 12.0 Å². The molecular formula is C17H21N. The average molecular weight is 239 g/mol. The van der Waals surface area contributed by atoms with Crippen molar-refractivity contribution in [2.75, 3.05) is 0 Å². The van der Waals surface area contributed by atoms with Gasteiger partial charge >= 0.3 is 0 Å². The van der Waals surface area contributed by atoms with Gasteiger partial charge in [-0.3, -0.25) is 0 Å². The molecule has 1 nitrogen and oxygen atoms in total. The zero-order valence-electron chi connectivity index (χ0n) is 11.4. The summed E-state index contributed by atoms with van der Waals surface area (Å²) in [5.41, 5.74) is 4.05. The minimum Gasteiger partial charge on any atom is -0.304 e. The molecule has 0 aliphatic rings. The highest BCUT2D eigenvalue weighted by molar-refractivity contribution is 5.29. The van der Waals surface area contributed by atoms with Crippen LogP contribution in [0.2, 0.25) is 0 Å². The van der Waals surface area contributed by atoms with Crippen LogP contribution in [0, 0.1) is 6.92 Å². The second-order valence-corrected chi connectivity index (χ2v) is 4.88. The fraction of sp³-hybridized carbons (Fsp3) is 0.294. The van der Waals surface area contributed by atoms with E-state index in [1.165, 1.54) is 16.7 Å². The Morgan fingerprint density at radius 2 is 1.39 bits per heavy atom. The first-order valence-electron chi connectivity index (χ1n) is 6.55. The predicted octanol–water partition coefficient (Wildman–Crippen LogP) is 4.41. The van der Waals surface area contributed by atoms with E-state index in [0.29, 0.717) is 12.1 Å². The van der Waals surface area contributed by atoms with Crippen LogP contribution in [-0.4, -0.2) is 0 Å². The molecule has 2 atom stereocenters. The molecule has 0 radical (unpaired) electrons. The van der Waals surface area contributed by atoms with E-state index >= 15 is 0 Å². The largest absolute Gasteiger partial charge is 0.304 e. The molecule has 0 saturated heterocycles. The van der Waals surface area contributed by atoms with Gasteiger partial charge in [0.05, 0.1) is 0 Å². The summed E-state index contributed by atoms with van der Waals surface area (Å²) < 4.78 is 0. The molecule has 18 heavy (non-hydrogen) atoms. The van der Waals surface area contributed by atoms with Gasteiger partial charge < -0.3 is 5.32 Å². The SMILES string of the molecule is Cc1ccccc1[C@H](C)N[C@H](C)c1ccccc1. The van der Waals surface area contributed by atoms with Gasteiger partial charge in [-0.2, -0.15) is 0 Å². The molecule has 0 saturated carbocycles. The summed E-state index contributed by atoms with van der Waals surface area (Å²) >= 11 is 0. The Kier molecular flexibility index (Phi) is 4.16. The van der Waals surface area contributed by atoms with Crippen molar-refractivity contribution in [3.63, 3.8) is 0 Å². The standard InChI is InChI=1S/C17H21N/c1-13-9-7-8-12-17(13)15(3)18-14(2)16-10-5-4-6-11-16/h4-12,14-15,18H,1-3H3/t14-,15+/m1/s1. The molecule has 0 spiro atoms. The zero-order chi connectivity index (χ0) is 13.0. The maximum atomic E-state index is 3.65. The van der Waals surface area contributed by atoms with E-state index in [1.54, 1.807) is 0 Å². The molecule has 2 rings (SSSR count). The fourth-order valence-electron chi connectivity index (χ4n) is 2.38. The minimum atomic E-state index is 0.362. The summed E-state index contributed by atoms with van der Waals surface area (Å²) in [4.78, 5) is 0. The summed E-state index contributed by atoms with van der Waals surface area (Å²) in [5.74, 6) is 0. The number of hydrogen-bond acceptors (Lipinski definition) is 1. The van der Waals surface area contributed by atoms with Crippen molar-refractivity contribution in [2.24, 2.45) is 0 Å². The van der Waals surface area contributed by atoms with Crippen molar-refractivity contribution in [1.29, 1.82) is 0 Å². The molecule has 1 N–H and O–H groups in total. The third kappa shape index (κ3) is 2.99. The number of hydrogen-bond donors (Lipinski definition) is 1. The zero-order valence-corrected chi connectivity index (χ0v) is 11.4. The van der Waals surface area contributed by atoms with Gasteiger partial charge in [-0.1, -0.05) is 54.6 Å². The lowest BCUT2D eigenvalue weighted by Gasteiger charge is -2.22. The van der Waals surface area contributed by atoms with Gasteiger partial charge in [0, 0.05) is 12.1 Å². The van der Waals surface area contributed by atoms with Gasteiger partial charge in [0.2, 0.25) is 0 Å². The van der Waals surface area contributed by atoms with Crippen LogP contribution in [0.4, 0.5) is 0 Å². The lowest BCUT2D eigenvalue weighted by Crippen LogP contribution is -2.23. The first-order chi connectivity index (χ1) is 8.68. The Labute approximate surface area is 110 Å². The van der Waals surface area contributed by atoms with E-state index in [2.05, 4.69) is 80.7 Å². The highest BCUT2D eigenvalue weighted by Gasteiger charge is 2.11. The summed E-state index contributed by atoms with van der Waals surface area (Å²) in [7, 11) is 0. The van der Waals surface area contributed by atoms with Crippen molar-refractivity contribution in [1.82, 2.24) is 5.32 Å². The molecule has 94 valence electrons. The lowest BCUT2D eigenvalue weighted by molar-refractivity contribution is 0.493. The highest BCUT2D eigenvalue weighted by atomic mass is 14.9. The third-order valence-corrected chi connectivity index (χ3v) is 3.45. The highest BCUT2D eigenvalue weighted by Crippen LogP contribution is 2.21. The lowest BCUT2D eigenvalue weighted by atomic mass is 10.0. The number of rotatable bonds is 4. The van der Waals surface area contributed by atoms with Gasteiger partial charge in [0.1, 0.15) is 0 Å². The van der Waals surface area contributed by atoms with E-state index in [-0.39, 0.29) is 0 Å². The van der Waals surface area contributed by atoms with Crippen LogP contribution in [0.15, 0.2) is 54.6 Å². The Balaban J connectivity index is 2.08. The van der Waals surface area contributed by atoms with Crippen molar-refractivity contribution >= 4 is 0 Å². The Hall–Kier alpha value is -1.60. The molecule has 0 heterocycles. The van der Waals surface area contributed by atoms with E-state index in [0.717, 1.165) is 0 Å². The van der Waals surface area contributed by atoms with Crippen molar-refractivity contribution < 1.29 is 0 Å². The molecule has 0 aliphatic carbocycles. The molecule has 0 aromatic heterocycles. The quantitative estimate of drug-likeness (QED) is 0.833. The van der Waals surface area contributed by atoms with Gasteiger partial charge in [0.15, 0.2) is 0 Å². The van der Waals surface area contributed by atoms with E-state index in [4.69, 9.17) is 0 Å². The predicted molar refractivity (Wildman–Crippen MR) is 77.6 cm³/mol. The summed E-state index contributed by atoms with van der Waals surface area (Å²) in [6, 6.07) is 19.9. The van der Waals surface area contributed by atoms with Crippen LogP contribution in [0.5, 0.6) is 0 Å². The summed E-state index contributed by atoms with van der Waals surface area (Å²) in [5, 5.41) is 3.65. The molecule has 0 aliphatic heterocycles.